The van der Waals surface area contributed by atoms with E-state index in [0.717, 1.165) is 23.0 Å². The van der Waals surface area contributed by atoms with Gasteiger partial charge in [0.2, 0.25) is 5.91 Å². The van der Waals surface area contributed by atoms with Crippen LogP contribution < -0.4 is 5.32 Å². The highest BCUT2D eigenvalue weighted by molar-refractivity contribution is 8.00. The number of rotatable bonds is 8. The Labute approximate surface area is 153 Å². The van der Waals surface area contributed by atoms with Gasteiger partial charge in [0.15, 0.2) is 5.16 Å². The van der Waals surface area contributed by atoms with E-state index in [1.807, 2.05) is 29.0 Å². The SMILES string of the molecule is CC(Sc1nncn1CCc1cccs1)C(=O)NCc1cccs1. The molecule has 3 aromatic heterocycles. The molecule has 5 nitrogen and oxygen atoms in total. The average molecular weight is 379 g/mol. The summed E-state index contributed by atoms with van der Waals surface area (Å²) in [5.41, 5.74) is 0. The van der Waals surface area contributed by atoms with Crippen LogP contribution in [0.2, 0.25) is 0 Å². The zero-order valence-corrected chi connectivity index (χ0v) is 15.7. The topological polar surface area (TPSA) is 59.8 Å². The number of nitrogens with zero attached hydrogens (tertiary/aromatic N) is 3. The summed E-state index contributed by atoms with van der Waals surface area (Å²) >= 11 is 4.84. The van der Waals surface area contributed by atoms with Crippen LogP contribution >= 0.6 is 34.4 Å². The molecule has 0 radical (unpaired) electrons. The Hall–Kier alpha value is -1.64. The lowest BCUT2D eigenvalue weighted by Gasteiger charge is -2.12. The van der Waals surface area contributed by atoms with Crippen LogP contribution in [-0.4, -0.2) is 25.9 Å². The Morgan fingerprint density at radius 3 is 2.75 bits per heavy atom. The minimum absolute atomic E-state index is 0.0150. The molecular weight excluding hydrogens is 360 g/mol. The van der Waals surface area contributed by atoms with Crippen LogP contribution in [0, 0.1) is 0 Å². The predicted molar refractivity (Wildman–Crippen MR) is 99.5 cm³/mol. The van der Waals surface area contributed by atoms with Crippen LogP contribution in [0.15, 0.2) is 46.5 Å². The fourth-order valence-electron chi connectivity index (χ4n) is 2.12. The maximum absolute atomic E-state index is 12.2. The number of thiophene rings is 2. The molecule has 3 rings (SSSR count). The maximum atomic E-state index is 12.2. The number of carbonyl (C=O) groups is 1. The number of aryl methyl sites for hydroxylation is 2. The summed E-state index contributed by atoms with van der Waals surface area (Å²) in [5.74, 6) is 0.0150. The average Bonchev–Trinajstić information content (AvgIpc) is 3.33. The van der Waals surface area contributed by atoms with E-state index in [-0.39, 0.29) is 11.2 Å². The van der Waals surface area contributed by atoms with Crippen molar-refractivity contribution < 1.29 is 4.79 Å². The van der Waals surface area contributed by atoms with E-state index in [4.69, 9.17) is 0 Å². The number of carbonyl (C=O) groups excluding carboxylic acids is 1. The van der Waals surface area contributed by atoms with Crippen molar-refractivity contribution in [2.24, 2.45) is 0 Å². The van der Waals surface area contributed by atoms with Crippen LogP contribution in [0.4, 0.5) is 0 Å². The van der Waals surface area contributed by atoms with Crippen molar-refractivity contribution in [3.63, 3.8) is 0 Å². The summed E-state index contributed by atoms with van der Waals surface area (Å²) in [6, 6.07) is 8.19. The first kappa shape index (κ1) is 17.2. The minimum atomic E-state index is -0.213. The lowest BCUT2D eigenvalue weighted by Crippen LogP contribution is -2.30. The molecule has 1 N–H and O–H groups in total. The smallest absolute Gasteiger partial charge is 0.233 e. The lowest BCUT2D eigenvalue weighted by atomic mass is 10.3. The summed E-state index contributed by atoms with van der Waals surface area (Å²) in [4.78, 5) is 14.7. The molecule has 0 spiro atoms. The summed E-state index contributed by atoms with van der Waals surface area (Å²) in [7, 11) is 0. The summed E-state index contributed by atoms with van der Waals surface area (Å²) < 4.78 is 2.01. The van der Waals surface area contributed by atoms with Gasteiger partial charge in [-0.3, -0.25) is 4.79 Å². The molecule has 0 saturated carbocycles. The molecule has 0 aliphatic heterocycles. The van der Waals surface area contributed by atoms with Crippen molar-refractivity contribution in [1.82, 2.24) is 20.1 Å². The minimum Gasteiger partial charge on any atom is -0.350 e. The van der Waals surface area contributed by atoms with Gasteiger partial charge in [-0.15, -0.1) is 32.9 Å². The van der Waals surface area contributed by atoms with Gasteiger partial charge in [0.25, 0.3) is 0 Å². The van der Waals surface area contributed by atoms with Gasteiger partial charge >= 0.3 is 0 Å². The zero-order chi connectivity index (χ0) is 16.8. The van der Waals surface area contributed by atoms with Gasteiger partial charge in [-0.25, -0.2) is 0 Å². The molecule has 24 heavy (non-hydrogen) atoms. The molecule has 3 heterocycles. The summed E-state index contributed by atoms with van der Waals surface area (Å²) in [5, 5.41) is 15.8. The maximum Gasteiger partial charge on any atom is 0.233 e. The van der Waals surface area contributed by atoms with Crippen LogP contribution in [0.3, 0.4) is 0 Å². The van der Waals surface area contributed by atoms with Crippen molar-refractivity contribution >= 4 is 40.3 Å². The molecule has 126 valence electrons. The first-order chi connectivity index (χ1) is 11.7. The molecule has 1 amide bonds. The molecular formula is C16H18N4OS3. The molecule has 0 saturated heterocycles. The van der Waals surface area contributed by atoms with E-state index in [1.54, 1.807) is 29.0 Å². The number of aromatic nitrogens is 3. The predicted octanol–water partition coefficient (Wildman–Crippen LogP) is 3.44. The summed E-state index contributed by atoms with van der Waals surface area (Å²) in [6.45, 7) is 3.29. The van der Waals surface area contributed by atoms with E-state index >= 15 is 0 Å². The Bertz CT molecular complexity index is 752. The highest BCUT2D eigenvalue weighted by atomic mass is 32.2. The first-order valence-corrected chi connectivity index (χ1v) is 10.2. The number of hydrogen-bond donors (Lipinski definition) is 1. The van der Waals surface area contributed by atoms with Gasteiger partial charge in [-0.05, 0) is 36.2 Å². The monoisotopic (exact) mass is 378 g/mol. The second-order valence-corrected chi connectivity index (χ2v) is 8.57. The van der Waals surface area contributed by atoms with Gasteiger partial charge < -0.3 is 9.88 Å². The van der Waals surface area contributed by atoms with Gasteiger partial charge in [-0.1, -0.05) is 23.9 Å². The molecule has 8 heteroatoms. The molecule has 1 unspecified atom stereocenters. The number of nitrogens with one attached hydrogen (secondary N) is 1. The third-order valence-electron chi connectivity index (χ3n) is 3.43. The molecule has 0 fully saturated rings. The third kappa shape index (κ3) is 4.68. The largest absolute Gasteiger partial charge is 0.350 e. The Kier molecular flexibility index (Phi) is 6.06. The highest BCUT2D eigenvalue weighted by Gasteiger charge is 2.17. The number of hydrogen-bond acceptors (Lipinski definition) is 6. The van der Waals surface area contributed by atoms with Crippen molar-refractivity contribution in [3.8, 4) is 0 Å². The molecule has 0 bridgehead atoms. The summed E-state index contributed by atoms with van der Waals surface area (Å²) in [6.07, 6.45) is 2.68. The molecule has 0 aliphatic rings. The van der Waals surface area contributed by atoms with Crippen molar-refractivity contribution in [3.05, 3.63) is 51.1 Å². The van der Waals surface area contributed by atoms with E-state index in [0.29, 0.717) is 6.54 Å². The first-order valence-electron chi connectivity index (χ1n) is 7.59. The highest BCUT2D eigenvalue weighted by Crippen LogP contribution is 2.22. The quantitative estimate of drug-likeness (QED) is 0.610. The lowest BCUT2D eigenvalue weighted by molar-refractivity contribution is -0.120. The van der Waals surface area contributed by atoms with E-state index < -0.39 is 0 Å². The second-order valence-electron chi connectivity index (χ2n) is 5.19. The van der Waals surface area contributed by atoms with Crippen molar-refractivity contribution in [1.29, 1.82) is 0 Å². The van der Waals surface area contributed by atoms with Gasteiger partial charge in [0, 0.05) is 16.3 Å². The molecule has 0 aromatic carbocycles. The Morgan fingerprint density at radius 1 is 1.29 bits per heavy atom. The molecule has 1 atom stereocenters. The van der Waals surface area contributed by atoms with E-state index in [9.17, 15) is 4.79 Å². The molecule has 0 aliphatic carbocycles. The van der Waals surface area contributed by atoms with Crippen LogP contribution in [0.5, 0.6) is 0 Å². The van der Waals surface area contributed by atoms with Gasteiger partial charge in [0.05, 0.1) is 11.8 Å². The van der Waals surface area contributed by atoms with E-state index in [2.05, 4.69) is 33.0 Å². The molecule has 3 aromatic rings. The Morgan fingerprint density at radius 2 is 2.04 bits per heavy atom. The van der Waals surface area contributed by atoms with E-state index in [1.165, 1.54) is 16.6 Å². The van der Waals surface area contributed by atoms with Gasteiger partial charge in [-0.2, -0.15) is 0 Å². The van der Waals surface area contributed by atoms with Crippen molar-refractivity contribution in [2.45, 2.75) is 36.8 Å². The second kappa shape index (κ2) is 8.46. The number of thioether (sulfide) groups is 1. The standard InChI is InChI=1S/C16H18N4OS3/c1-12(15(21)17-10-14-5-3-9-23-14)24-16-19-18-11-20(16)7-6-13-4-2-8-22-13/h2-5,8-9,11-12H,6-7,10H2,1H3,(H,17,21). The zero-order valence-electron chi connectivity index (χ0n) is 13.2. The fourth-order valence-corrected chi connectivity index (χ4v) is 4.33. The Balaban J connectivity index is 1.51. The number of amides is 1. The van der Waals surface area contributed by atoms with Crippen LogP contribution in [0.25, 0.3) is 0 Å². The third-order valence-corrected chi connectivity index (χ3v) is 6.33. The fraction of sp³-hybridized carbons (Fsp3) is 0.312. The van der Waals surface area contributed by atoms with Crippen LogP contribution in [-0.2, 0) is 24.3 Å². The van der Waals surface area contributed by atoms with Crippen LogP contribution in [0.1, 0.15) is 16.7 Å². The van der Waals surface area contributed by atoms with Crippen molar-refractivity contribution in [2.75, 3.05) is 0 Å². The van der Waals surface area contributed by atoms with Gasteiger partial charge in [0.1, 0.15) is 6.33 Å². The normalized spacial score (nSPS) is 12.2.